The molecular weight excluding hydrogens is 650 g/mol. The largest absolute Gasteiger partial charge is 0.491 e. The highest BCUT2D eigenvalue weighted by molar-refractivity contribution is 6.58. The lowest BCUT2D eigenvalue weighted by atomic mass is 9.56. The number of anilines is 1. The zero-order chi connectivity index (χ0) is 32.7. The van der Waals surface area contributed by atoms with Crippen LogP contribution in [0.5, 0.6) is 5.75 Å². The number of hydrogen-bond acceptors (Lipinski definition) is 6. The smallest absolute Gasteiger partial charge is 0.258 e. The molecule has 15 heteroatoms. The van der Waals surface area contributed by atoms with Gasteiger partial charge in [0.15, 0.2) is 33.0 Å². The van der Waals surface area contributed by atoms with Crippen LogP contribution in [0.4, 0.5) is 27.6 Å². The van der Waals surface area contributed by atoms with Gasteiger partial charge in [0.25, 0.3) is 11.8 Å². The fourth-order valence-corrected chi connectivity index (χ4v) is 8.22. The van der Waals surface area contributed by atoms with Crippen LogP contribution >= 0.6 is 23.2 Å². The van der Waals surface area contributed by atoms with E-state index in [4.69, 9.17) is 27.9 Å². The molecule has 6 atom stereocenters. The van der Waals surface area contributed by atoms with E-state index in [0.29, 0.717) is 5.57 Å². The molecule has 1 N–H and O–H groups in total. The summed E-state index contributed by atoms with van der Waals surface area (Å²) in [5.41, 5.74) is -1.41. The van der Waals surface area contributed by atoms with Crippen molar-refractivity contribution >= 4 is 52.5 Å². The van der Waals surface area contributed by atoms with Crippen molar-refractivity contribution in [2.75, 3.05) is 24.7 Å². The van der Waals surface area contributed by atoms with Gasteiger partial charge in [-0.15, -0.1) is 23.2 Å². The number of aliphatic hydroxyl groups is 1. The molecule has 0 aromatic heterocycles. The number of allylic oxidation sites excluding steroid dienone is 2. The molecule has 2 aliphatic heterocycles. The number of likely N-dealkylation sites (tertiary alicyclic amines) is 1. The van der Waals surface area contributed by atoms with Gasteiger partial charge in [-0.2, -0.15) is 0 Å². The van der Waals surface area contributed by atoms with Gasteiger partial charge in [0, 0.05) is 18.0 Å². The van der Waals surface area contributed by atoms with E-state index in [0.717, 1.165) is 4.90 Å². The van der Waals surface area contributed by atoms with Gasteiger partial charge >= 0.3 is 0 Å². The summed E-state index contributed by atoms with van der Waals surface area (Å²) in [6.07, 6.45) is 1.05. The van der Waals surface area contributed by atoms with Crippen molar-refractivity contribution in [3.63, 3.8) is 0 Å². The van der Waals surface area contributed by atoms with Crippen molar-refractivity contribution in [1.82, 2.24) is 4.90 Å². The van der Waals surface area contributed by atoms with Gasteiger partial charge in [0.05, 0.1) is 18.4 Å². The number of hydrogen-bond donors (Lipinski definition) is 1. The van der Waals surface area contributed by atoms with Gasteiger partial charge in [-0.25, -0.2) is 26.9 Å². The fourth-order valence-electron chi connectivity index (χ4n) is 7.30. The Kier molecular flexibility index (Phi) is 7.52. The molecule has 6 rings (SSSR count). The highest BCUT2D eigenvalue weighted by Crippen LogP contribution is 2.66. The van der Waals surface area contributed by atoms with E-state index in [9.17, 15) is 37.5 Å². The normalized spacial score (nSPS) is 30.8. The maximum Gasteiger partial charge on any atom is 0.258 e. The predicted octanol–water partition coefficient (Wildman–Crippen LogP) is 4.34. The number of aliphatic hydroxyl groups excluding tert-OH is 1. The van der Waals surface area contributed by atoms with Gasteiger partial charge in [-0.3, -0.25) is 24.1 Å². The number of halogens is 7. The number of carbonyl (C=O) groups excluding carboxylic acids is 4. The van der Waals surface area contributed by atoms with Gasteiger partial charge in [0.1, 0.15) is 18.0 Å². The monoisotopic (exact) mass is 672 g/mol. The summed E-state index contributed by atoms with van der Waals surface area (Å²) in [5.74, 6) is -20.7. The van der Waals surface area contributed by atoms with Crippen LogP contribution in [0.3, 0.4) is 0 Å². The summed E-state index contributed by atoms with van der Waals surface area (Å²) in [6.45, 7) is 1.02. The number of nitrogens with zero attached hydrogens (tertiary/aromatic N) is 2. The number of benzene rings is 2. The molecule has 8 nitrogen and oxygen atoms in total. The third-order valence-corrected chi connectivity index (χ3v) is 10.6. The zero-order valence-corrected chi connectivity index (χ0v) is 24.8. The summed E-state index contributed by atoms with van der Waals surface area (Å²) in [5, 5.41) is 9.39. The van der Waals surface area contributed by atoms with Crippen LogP contribution in [0, 0.1) is 46.8 Å². The Morgan fingerprint density at radius 2 is 1.53 bits per heavy atom. The second kappa shape index (κ2) is 10.8. The van der Waals surface area contributed by atoms with Crippen LogP contribution in [0.15, 0.2) is 35.9 Å². The summed E-state index contributed by atoms with van der Waals surface area (Å²) in [7, 11) is 0. The van der Waals surface area contributed by atoms with Crippen molar-refractivity contribution in [3.8, 4) is 5.75 Å². The van der Waals surface area contributed by atoms with Crippen molar-refractivity contribution in [3.05, 3.63) is 70.6 Å². The standard InChI is InChI=1S/C30H23Cl2F5N2O6/c1-2-38-25(41)14-8-7-12-15(17(14)26(38)42)11-29(31)27(43)39(24-22(36)20(34)19(33)21(35)23(24)37)28(44)30(29,32)18(12)13-5-3-4-6-16(13)45-10-9-40/h3-7,14-15,17-18,40H,2,8-11H2,1H3/t14-,15+,17-,18+,29+,30-/m0/s1. The maximum absolute atomic E-state index is 15.1. The highest BCUT2D eigenvalue weighted by Gasteiger charge is 2.77. The van der Waals surface area contributed by atoms with Crippen LogP contribution in [-0.2, 0) is 19.2 Å². The molecule has 2 heterocycles. The summed E-state index contributed by atoms with van der Waals surface area (Å²) >= 11 is 14.2. The molecule has 2 saturated heterocycles. The fraction of sp³-hybridized carbons (Fsp3) is 0.400. The topological polar surface area (TPSA) is 104 Å². The summed E-state index contributed by atoms with van der Waals surface area (Å²) in [6, 6.07) is 6.01. The van der Waals surface area contributed by atoms with E-state index in [1.807, 2.05) is 0 Å². The van der Waals surface area contributed by atoms with Gasteiger partial charge in [-0.05, 0) is 31.7 Å². The van der Waals surface area contributed by atoms with Crippen LogP contribution < -0.4 is 9.64 Å². The van der Waals surface area contributed by atoms with Gasteiger partial charge < -0.3 is 9.84 Å². The molecule has 4 aliphatic rings. The number of para-hydroxylation sites is 1. The van der Waals surface area contributed by atoms with E-state index >= 15 is 8.78 Å². The van der Waals surface area contributed by atoms with Gasteiger partial charge in [0.2, 0.25) is 17.6 Å². The molecule has 0 bridgehead atoms. The molecule has 0 radical (unpaired) electrons. The molecule has 4 amide bonds. The number of carbonyl (C=O) groups is 4. The van der Waals surface area contributed by atoms with Crippen molar-refractivity contribution < 1.29 is 51.0 Å². The second-order valence-corrected chi connectivity index (χ2v) is 12.5. The first kappa shape index (κ1) is 31.4. The van der Waals surface area contributed by atoms with Crippen LogP contribution in [-0.4, -0.2) is 63.1 Å². The predicted molar refractivity (Wildman–Crippen MR) is 148 cm³/mol. The van der Waals surface area contributed by atoms with Crippen LogP contribution in [0.2, 0.25) is 0 Å². The molecule has 238 valence electrons. The van der Waals surface area contributed by atoms with Gasteiger partial charge in [-0.1, -0.05) is 29.8 Å². The maximum atomic E-state index is 15.1. The first-order valence-corrected chi connectivity index (χ1v) is 14.7. The molecule has 0 spiro atoms. The lowest BCUT2D eigenvalue weighted by Crippen LogP contribution is -2.60. The third kappa shape index (κ3) is 3.99. The minimum absolute atomic E-state index is 0.0412. The molecule has 2 aliphatic carbocycles. The van der Waals surface area contributed by atoms with E-state index in [2.05, 4.69) is 0 Å². The van der Waals surface area contributed by atoms with E-state index in [1.54, 1.807) is 19.1 Å². The molecule has 0 unspecified atom stereocenters. The Balaban J connectivity index is 1.61. The first-order chi connectivity index (χ1) is 21.3. The van der Waals surface area contributed by atoms with Crippen LogP contribution in [0.25, 0.3) is 0 Å². The number of alkyl halides is 2. The minimum Gasteiger partial charge on any atom is -0.491 e. The van der Waals surface area contributed by atoms with Crippen molar-refractivity contribution in [2.24, 2.45) is 17.8 Å². The van der Waals surface area contributed by atoms with E-state index in [1.165, 1.54) is 18.2 Å². The molecule has 45 heavy (non-hydrogen) atoms. The quantitative estimate of drug-likeness (QED) is 0.122. The lowest BCUT2D eigenvalue weighted by Gasteiger charge is -2.50. The minimum atomic E-state index is -2.66. The number of ether oxygens (including phenoxy) is 1. The Labute approximate surface area is 262 Å². The van der Waals surface area contributed by atoms with E-state index < -0.39 is 105 Å². The number of imide groups is 2. The van der Waals surface area contributed by atoms with Crippen molar-refractivity contribution in [2.45, 2.75) is 35.4 Å². The molecule has 2 aromatic carbocycles. The number of fused-ring (bicyclic) bond motifs is 4. The molecule has 1 saturated carbocycles. The third-order valence-electron chi connectivity index (χ3n) is 9.21. The Bertz CT molecular complexity index is 1690. The van der Waals surface area contributed by atoms with Crippen LogP contribution in [0.1, 0.15) is 31.2 Å². The average Bonchev–Trinajstić information content (AvgIpc) is 3.36. The molecule has 2 aromatic rings. The Morgan fingerprint density at radius 3 is 2.16 bits per heavy atom. The second-order valence-electron chi connectivity index (χ2n) is 11.2. The average molecular weight is 673 g/mol. The highest BCUT2D eigenvalue weighted by atomic mass is 35.5. The van der Waals surface area contributed by atoms with Crippen molar-refractivity contribution in [1.29, 1.82) is 0 Å². The Morgan fingerprint density at radius 1 is 0.911 bits per heavy atom. The van der Waals surface area contributed by atoms with E-state index in [-0.39, 0.29) is 35.8 Å². The SMILES string of the molecule is CCN1C(=O)[C@H]2[C@H](CC=C3[C@H]2C[C@@]2(Cl)C(=O)N(c4c(F)c(F)c(F)c(F)c4F)C(=O)[C@@]2(Cl)[C@H]3c2ccccc2OCCO)C1=O. The zero-order valence-electron chi connectivity index (χ0n) is 23.3. The number of rotatable bonds is 6. The lowest BCUT2D eigenvalue weighted by molar-refractivity contribution is -0.140. The summed E-state index contributed by atoms with van der Waals surface area (Å²) < 4.78 is 78.5. The molecular formula is C30H23Cl2F5N2O6. The first-order valence-electron chi connectivity index (χ1n) is 13.9. The summed E-state index contributed by atoms with van der Waals surface area (Å²) in [4.78, 5) is 50.7. The number of amides is 4. The molecule has 3 fully saturated rings. The Hall–Kier alpha value is -3.55.